The smallest absolute Gasteiger partial charge is 0.303 e. The molecule has 0 radical (unpaired) electrons. The zero-order valence-electron chi connectivity index (χ0n) is 16.1. The molecule has 0 amide bonds. The topological polar surface area (TPSA) is 51.5 Å². The zero-order chi connectivity index (χ0) is 20.1. The van der Waals surface area contributed by atoms with Gasteiger partial charge in [0.1, 0.15) is 12.4 Å². The average Bonchev–Trinajstić information content (AvgIpc) is 3.06. The highest BCUT2D eigenvalue weighted by atomic mass is 35.5. The second-order valence-corrected chi connectivity index (χ2v) is 7.27. The molecule has 1 aromatic heterocycles. The molecule has 0 aliphatic heterocycles. The van der Waals surface area contributed by atoms with Crippen LogP contribution in [0.1, 0.15) is 23.2 Å². The molecule has 3 aromatic rings. The predicted molar refractivity (Wildman–Crippen MR) is 112 cm³/mol. The number of aryl methyl sites for hydroxylation is 3. The number of carboxylic acid groups (broad SMARTS) is 1. The number of aliphatic carboxylic acids is 1. The van der Waals surface area contributed by atoms with E-state index in [4.69, 9.17) is 21.4 Å². The van der Waals surface area contributed by atoms with Crippen molar-refractivity contribution >= 4 is 17.6 Å². The van der Waals surface area contributed by atoms with Crippen LogP contribution in [0.25, 0.3) is 11.3 Å². The molecule has 5 heteroatoms. The molecule has 0 unspecified atom stereocenters. The van der Waals surface area contributed by atoms with E-state index in [2.05, 4.69) is 4.57 Å². The van der Waals surface area contributed by atoms with E-state index in [1.165, 1.54) is 0 Å². The fourth-order valence-electron chi connectivity index (χ4n) is 3.37. The van der Waals surface area contributed by atoms with Crippen LogP contribution in [0.4, 0.5) is 0 Å². The van der Waals surface area contributed by atoms with Crippen LogP contribution in [0.3, 0.4) is 0 Å². The predicted octanol–water partition coefficient (Wildman–Crippen LogP) is 5.52. The van der Waals surface area contributed by atoms with E-state index in [1.807, 2.05) is 68.4 Å². The van der Waals surface area contributed by atoms with E-state index in [0.29, 0.717) is 24.6 Å². The summed E-state index contributed by atoms with van der Waals surface area (Å²) in [5.74, 6) is 0.113. The summed E-state index contributed by atoms with van der Waals surface area (Å²) in [5.41, 5.74) is 5.27. The molecule has 1 N–H and O–H groups in total. The van der Waals surface area contributed by atoms with Crippen LogP contribution in [0.5, 0.6) is 5.75 Å². The highest BCUT2D eigenvalue weighted by molar-refractivity contribution is 6.30. The van der Waals surface area contributed by atoms with Crippen LogP contribution in [-0.4, -0.2) is 22.2 Å². The summed E-state index contributed by atoms with van der Waals surface area (Å²) in [6.07, 6.45) is 0.578. The van der Waals surface area contributed by atoms with Crippen LogP contribution in [-0.2, 0) is 17.8 Å². The minimum atomic E-state index is -0.799. The number of carboxylic acids is 1. The Morgan fingerprint density at radius 2 is 1.71 bits per heavy atom. The van der Waals surface area contributed by atoms with Gasteiger partial charge < -0.3 is 14.4 Å². The van der Waals surface area contributed by atoms with Crippen LogP contribution in [0, 0.1) is 13.8 Å². The summed E-state index contributed by atoms with van der Waals surface area (Å²) >= 11 is 6.02. The molecule has 0 atom stereocenters. The third kappa shape index (κ3) is 4.76. The third-order valence-electron chi connectivity index (χ3n) is 4.78. The molecule has 0 aliphatic rings. The Bertz CT molecular complexity index is 940. The molecule has 3 rings (SSSR count). The summed E-state index contributed by atoms with van der Waals surface area (Å²) in [5, 5.41) is 9.74. The number of halogens is 1. The van der Waals surface area contributed by atoms with Crippen LogP contribution < -0.4 is 4.74 Å². The largest absolute Gasteiger partial charge is 0.491 e. The van der Waals surface area contributed by atoms with E-state index in [9.17, 15) is 4.79 Å². The lowest BCUT2D eigenvalue weighted by atomic mass is 10.1. The molecule has 4 nitrogen and oxygen atoms in total. The minimum Gasteiger partial charge on any atom is -0.491 e. The lowest BCUT2D eigenvalue weighted by Gasteiger charge is -2.16. The first-order valence-electron chi connectivity index (χ1n) is 9.31. The lowest BCUT2D eigenvalue weighted by molar-refractivity contribution is -0.136. The van der Waals surface area contributed by atoms with Crippen molar-refractivity contribution in [1.29, 1.82) is 0 Å². The number of carbonyl (C=O) groups is 1. The van der Waals surface area contributed by atoms with E-state index in [1.54, 1.807) is 0 Å². The van der Waals surface area contributed by atoms with Crippen LogP contribution in [0.15, 0.2) is 54.6 Å². The maximum atomic E-state index is 11.0. The highest BCUT2D eigenvalue weighted by Gasteiger charge is 2.12. The van der Waals surface area contributed by atoms with Gasteiger partial charge in [0.2, 0.25) is 0 Å². The van der Waals surface area contributed by atoms with Crippen molar-refractivity contribution in [3.05, 3.63) is 76.4 Å². The monoisotopic (exact) mass is 397 g/mol. The van der Waals surface area contributed by atoms with Crippen molar-refractivity contribution in [2.45, 2.75) is 33.2 Å². The Labute approximate surface area is 170 Å². The van der Waals surface area contributed by atoms with Crippen molar-refractivity contribution in [2.75, 3.05) is 6.61 Å². The summed E-state index contributed by atoms with van der Waals surface area (Å²) in [4.78, 5) is 11.0. The molecule has 2 aromatic carbocycles. The van der Waals surface area contributed by atoms with Gasteiger partial charge in [-0.3, -0.25) is 4.79 Å². The normalized spacial score (nSPS) is 10.8. The standard InChI is InChI=1S/C23H24ClNO3/c1-16-4-3-5-17(2)23(16)28-15-14-25-20(11-13-22(26)27)10-12-21(25)18-6-8-19(24)9-7-18/h3-10,12H,11,13-15H2,1-2H3,(H,26,27). The first kappa shape index (κ1) is 20.0. The summed E-state index contributed by atoms with van der Waals surface area (Å²) in [6.45, 7) is 5.21. The molecule has 0 saturated heterocycles. The van der Waals surface area contributed by atoms with Gasteiger partial charge in [0.25, 0.3) is 0 Å². The fourth-order valence-corrected chi connectivity index (χ4v) is 3.49. The zero-order valence-corrected chi connectivity index (χ0v) is 16.9. The molecule has 0 spiro atoms. The number of hydrogen-bond donors (Lipinski definition) is 1. The second-order valence-electron chi connectivity index (χ2n) is 6.83. The molecule has 28 heavy (non-hydrogen) atoms. The second kappa shape index (κ2) is 8.98. The van der Waals surface area contributed by atoms with Gasteiger partial charge in [0.05, 0.1) is 13.0 Å². The van der Waals surface area contributed by atoms with E-state index in [-0.39, 0.29) is 6.42 Å². The molecule has 0 saturated carbocycles. The first-order valence-corrected chi connectivity index (χ1v) is 9.68. The Morgan fingerprint density at radius 1 is 1.04 bits per heavy atom. The highest BCUT2D eigenvalue weighted by Crippen LogP contribution is 2.26. The van der Waals surface area contributed by atoms with Gasteiger partial charge in [0.15, 0.2) is 0 Å². The Hall–Kier alpha value is -2.72. The quantitative estimate of drug-likeness (QED) is 0.544. The Balaban J connectivity index is 1.83. The van der Waals surface area contributed by atoms with E-state index < -0.39 is 5.97 Å². The first-order chi connectivity index (χ1) is 13.5. The maximum Gasteiger partial charge on any atom is 0.303 e. The molecule has 146 valence electrons. The molecule has 0 aliphatic carbocycles. The van der Waals surface area contributed by atoms with Crippen molar-refractivity contribution in [1.82, 2.24) is 4.57 Å². The number of para-hydroxylation sites is 1. The molecule has 1 heterocycles. The van der Waals surface area contributed by atoms with Gasteiger partial charge in [-0.05, 0) is 61.2 Å². The summed E-state index contributed by atoms with van der Waals surface area (Å²) in [6, 6.07) is 17.8. The van der Waals surface area contributed by atoms with Gasteiger partial charge in [-0.1, -0.05) is 41.9 Å². The average molecular weight is 398 g/mol. The molecular weight excluding hydrogens is 374 g/mol. The summed E-state index contributed by atoms with van der Waals surface area (Å²) < 4.78 is 8.21. The number of aromatic nitrogens is 1. The number of benzene rings is 2. The van der Waals surface area contributed by atoms with Crippen molar-refractivity contribution in [3.63, 3.8) is 0 Å². The molecule has 0 bridgehead atoms. The van der Waals surface area contributed by atoms with Crippen molar-refractivity contribution < 1.29 is 14.6 Å². The van der Waals surface area contributed by atoms with Gasteiger partial charge in [-0.25, -0.2) is 0 Å². The number of hydrogen-bond acceptors (Lipinski definition) is 2. The Morgan fingerprint density at radius 3 is 2.36 bits per heavy atom. The van der Waals surface area contributed by atoms with Gasteiger partial charge in [0, 0.05) is 16.4 Å². The Kier molecular flexibility index (Phi) is 6.42. The number of rotatable bonds is 8. The van der Waals surface area contributed by atoms with E-state index in [0.717, 1.165) is 33.8 Å². The summed E-state index contributed by atoms with van der Waals surface area (Å²) in [7, 11) is 0. The van der Waals surface area contributed by atoms with Crippen LogP contribution >= 0.6 is 11.6 Å². The van der Waals surface area contributed by atoms with E-state index >= 15 is 0 Å². The fraction of sp³-hybridized carbons (Fsp3) is 0.261. The number of ether oxygens (including phenoxy) is 1. The van der Waals surface area contributed by atoms with Gasteiger partial charge in [-0.15, -0.1) is 0 Å². The third-order valence-corrected chi connectivity index (χ3v) is 5.03. The molecule has 0 fully saturated rings. The van der Waals surface area contributed by atoms with Crippen molar-refractivity contribution in [2.24, 2.45) is 0 Å². The lowest BCUT2D eigenvalue weighted by Crippen LogP contribution is -2.13. The molecular formula is C23H24ClNO3. The SMILES string of the molecule is Cc1cccc(C)c1OCCn1c(CCC(=O)O)ccc1-c1ccc(Cl)cc1. The maximum absolute atomic E-state index is 11.0. The number of nitrogens with zero attached hydrogens (tertiary/aromatic N) is 1. The van der Waals surface area contributed by atoms with Gasteiger partial charge in [-0.2, -0.15) is 0 Å². The van der Waals surface area contributed by atoms with Gasteiger partial charge >= 0.3 is 5.97 Å². The van der Waals surface area contributed by atoms with Crippen molar-refractivity contribution in [3.8, 4) is 17.0 Å². The minimum absolute atomic E-state index is 0.0990. The van der Waals surface area contributed by atoms with Crippen LogP contribution in [0.2, 0.25) is 5.02 Å².